The summed E-state index contributed by atoms with van der Waals surface area (Å²) < 4.78 is 0. The summed E-state index contributed by atoms with van der Waals surface area (Å²) in [7, 11) is 0. The van der Waals surface area contributed by atoms with Gasteiger partial charge in [-0.2, -0.15) is 0 Å². The Labute approximate surface area is 91.0 Å². The Balaban J connectivity index is 2.95. The van der Waals surface area contributed by atoms with Crippen molar-refractivity contribution in [2.24, 2.45) is 0 Å². The second-order valence-electron chi connectivity index (χ2n) is 3.48. The van der Waals surface area contributed by atoms with Crippen molar-refractivity contribution in [1.29, 1.82) is 0 Å². The van der Waals surface area contributed by atoms with Crippen LogP contribution in [0.2, 0.25) is 0 Å². The highest BCUT2D eigenvalue weighted by Gasteiger charge is 2.07. The van der Waals surface area contributed by atoms with Gasteiger partial charge in [-0.1, -0.05) is 30.3 Å². The average Bonchev–Trinajstić information content (AvgIpc) is 2.28. The summed E-state index contributed by atoms with van der Waals surface area (Å²) in [4.78, 5) is 11.6. The molecule has 0 saturated heterocycles. The van der Waals surface area contributed by atoms with Crippen molar-refractivity contribution in [2.75, 3.05) is 6.54 Å². The number of nitrogens with one attached hydrogen (secondary N) is 1. The van der Waals surface area contributed by atoms with E-state index < -0.39 is 0 Å². The molecule has 80 valence electrons. The Bertz CT molecular complexity index is 365. The lowest BCUT2D eigenvalue weighted by Crippen LogP contribution is -2.23. The molecule has 1 rings (SSSR count). The maximum absolute atomic E-state index is 11.6. The van der Waals surface area contributed by atoms with Crippen LogP contribution in [0.5, 0.6) is 0 Å². The Morgan fingerprint density at radius 3 is 2.33 bits per heavy atom. The molecule has 0 heterocycles. The molecular weight excluding hydrogens is 186 g/mol. The van der Waals surface area contributed by atoms with Crippen molar-refractivity contribution in [3.63, 3.8) is 0 Å². The van der Waals surface area contributed by atoms with Gasteiger partial charge in [0.15, 0.2) is 0 Å². The summed E-state index contributed by atoms with van der Waals surface area (Å²) in [5, 5.41) is 2.80. The number of allylic oxidation sites excluding steroid dienone is 1. The van der Waals surface area contributed by atoms with Gasteiger partial charge in [0.1, 0.15) is 0 Å². The molecule has 0 bridgehead atoms. The summed E-state index contributed by atoms with van der Waals surface area (Å²) in [6.45, 7) is 6.41. The number of carbonyl (C=O) groups is 1. The Hall–Kier alpha value is -1.57. The molecule has 1 N–H and O–H groups in total. The number of hydrogen-bond acceptors (Lipinski definition) is 1. The zero-order chi connectivity index (χ0) is 11.3. The molecule has 0 spiro atoms. The minimum atomic E-state index is 0.0128. The standard InChI is InChI=1S/C13H17NO/c1-4-14-13(15)11(3)10(2)12-8-6-5-7-9-12/h5-9H,4H2,1-3H3,(H,14,15)/b11-10+. The van der Waals surface area contributed by atoms with Crippen molar-refractivity contribution in [2.45, 2.75) is 20.8 Å². The SMILES string of the molecule is CCNC(=O)/C(C)=C(\C)c1ccccc1. The lowest BCUT2D eigenvalue weighted by Gasteiger charge is -2.07. The normalized spacial score (nSPS) is 11.9. The van der Waals surface area contributed by atoms with Crippen LogP contribution in [-0.2, 0) is 4.79 Å². The van der Waals surface area contributed by atoms with E-state index in [0.717, 1.165) is 16.7 Å². The number of rotatable bonds is 3. The zero-order valence-corrected chi connectivity index (χ0v) is 9.50. The Kier molecular flexibility index (Phi) is 4.10. The van der Waals surface area contributed by atoms with Crippen LogP contribution in [0.4, 0.5) is 0 Å². The van der Waals surface area contributed by atoms with Gasteiger partial charge in [-0.05, 0) is 31.9 Å². The number of benzene rings is 1. The molecule has 15 heavy (non-hydrogen) atoms. The van der Waals surface area contributed by atoms with Crippen molar-refractivity contribution >= 4 is 11.5 Å². The van der Waals surface area contributed by atoms with Gasteiger partial charge >= 0.3 is 0 Å². The van der Waals surface area contributed by atoms with E-state index in [2.05, 4.69) is 5.32 Å². The van der Waals surface area contributed by atoms with E-state index in [1.165, 1.54) is 0 Å². The third-order valence-electron chi connectivity index (χ3n) is 2.45. The van der Waals surface area contributed by atoms with Gasteiger partial charge in [-0.3, -0.25) is 4.79 Å². The van der Waals surface area contributed by atoms with Gasteiger partial charge in [0.05, 0.1) is 0 Å². The zero-order valence-electron chi connectivity index (χ0n) is 9.50. The van der Waals surface area contributed by atoms with Crippen molar-refractivity contribution in [1.82, 2.24) is 5.32 Å². The van der Waals surface area contributed by atoms with Crippen LogP contribution in [0.1, 0.15) is 26.3 Å². The first-order valence-electron chi connectivity index (χ1n) is 5.18. The minimum absolute atomic E-state index is 0.0128. The maximum Gasteiger partial charge on any atom is 0.247 e. The fraction of sp³-hybridized carbons (Fsp3) is 0.308. The molecule has 2 heteroatoms. The highest BCUT2D eigenvalue weighted by Crippen LogP contribution is 2.17. The van der Waals surface area contributed by atoms with Crippen molar-refractivity contribution in [3.8, 4) is 0 Å². The van der Waals surface area contributed by atoms with E-state index in [1.54, 1.807) is 0 Å². The lowest BCUT2D eigenvalue weighted by molar-refractivity contribution is -0.117. The molecule has 1 aromatic carbocycles. The van der Waals surface area contributed by atoms with Gasteiger partial charge in [-0.15, -0.1) is 0 Å². The van der Waals surface area contributed by atoms with Crippen LogP contribution in [0, 0.1) is 0 Å². The summed E-state index contributed by atoms with van der Waals surface area (Å²) in [6, 6.07) is 9.95. The number of hydrogen-bond donors (Lipinski definition) is 1. The van der Waals surface area contributed by atoms with Crippen LogP contribution in [0.25, 0.3) is 5.57 Å². The molecule has 2 nitrogen and oxygen atoms in total. The van der Waals surface area contributed by atoms with Crippen LogP contribution >= 0.6 is 0 Å². The lowest BCUT2D eigenvalue weighted by atomic mass is 10.0. The van der Waals surface area contributed by atoms with Gasteiger partial charge in [0.25, 0.3) is 0 Å². The topological polar surface area (TPSA) is 29.1 Å². The Morgan fingerprint density at radius 2 is 1.80 bits per heavy atom. The molecular formula is C13H17NO. The van der Waals surface area contributed by atoms with E-state index >= 15 is 0 Å². The average molecular weight is 203 g/mol. The third-order valence-corrected chi connectivity index (χ3v) is 2.45. The number of likely N-dealkylation sites (N-methyl/N-ethyl adjacent to an activating group) is 1. The van der Waals surface area contributed by atoms with Crippen molar-refractivity contribution < 1.29 is 4.79 Å². The monoisotopic (exact) mass is 203 g/mol. The molecule has 0 atom stereocenters. The van der Waals surface area contributed by atoms with E-state index in [1.807, 2.05) is 51.1 Å². The molecule has 0 saturated carbocycles. The van der Waals surface area contributed by atoms with E-state index in [-0.39, 0.29) is 5.91 Å². The molecule has 0 radical (unpaired) electrons. The fourth-order valence-corrected chi connectivity index (χ4v) is 1.37. The molecule has 1 amide bonds. The molecule has 1 aromatic rings. The highest BCUT2D eigenvalue weighted by molar-refractivity contribution is 6.00. The van der Waals surface area contributed by atoms with Crippen molar-refractivity contribution in [3.05, 3.63) is 41.5 Å². The first kappa shape index (κ1) is 11.5. The van der Waals surface area contributed by atoms with Crippen LogP contribution in [0.3, 0.4) is 0 Å². The molecule has 0 fully saturated rings. The second kappa shape index (κ2) is 5.35. The summed E-state index contributed by atoms with van der Waals surface area (Å²) in [6.07, 6.45) is 0. The van der Waals surface area contributed by atoms with Gasteiger partial charge < -0.3 is 5.32 Å². The second-order valence-corrected chi connectivity index (χ2v) is 3.48. The largest absolute Gasteiger partial charge is 0.353 e. The van der Waals surface area contributed by atoms with E-state index in [9.17, 15) is 4.79 Å². The smallest absolute Gasteiger partial charge is 0.247 e. The number of carbonyl (C=O) groups excluding carboxylic acids is 1. The quantitative estimate of drug-likeness (QED) is 0.752. The molecule has 0 aliphatic rings. The van der Waals surface area contributed by atoms with Crippen LogP contribution < -0.4 is 5.32 Å². The first-order valence-corrected chi connectivity index (χ1v) is 5.18. The van der Waals surface area contributed by atoms with Crippen LogP contribution in [0.15, 0.2) is 35.9 Å². The third kappa shape index (κ3) is 2.94. The predicted molar refractivity (Wildman–Crippen MR) is 63.4 cm³/mol. The molecule has 0 aliphatic heterocycles. The first-order chi connectivity index (χ1) is 7.16. The summed E-state index contributed by atoms with van der Waals surface area (Å²) >= 11 is 0. The number of amides is 1. The van der Waals surface area contributed by atoms with Gasteiger partial charge in [0, 0.05) is 12.1 Å². The minimum Gasteiger partial charge on any atom is -0.353 e. The summed E-state index contributed by atoms with van der Waals surface area (Å²) in [5.41, 5.74) is 2.91. The predicted octanol–water partition coefficient (Wildman–Crippen LogP) is 2.62. The molecule has 0 unspecified atom stereocenters. The fourth-order valence-electron chi connectivity index (χ4n) is 1.37. The van der Waals surface area contributed by atoms with E-state index in [4.69, 9.17) is 0 Å². The van der Waals surface area contributed by atoms with E-state index in [0.29, 0.717) is 6.54 Å². The Morgan fingerprint density at radius 1 is 1.20 bits per heavy atom. The molecule has 0 aliphatic carbocycles. The van der Waals surface area contributed by atoms with Crippen LogP contribution in [-0.4, -0.2) is 12.5 Å². The highest BCUT2D eigenvalue weighted by atomic mass is 16.1. The van der Waals surface area contributed by atoms with Gasteiger partial charge in [-0.25, -0.2) is 0 Å². The summed E-state index contributed by atoms with van der Waals surface area (Å²) in [5.74, 6) is 0.0128. The maximum atomic E-state index is 11.6. The molecule has 0 aromatic heterocycles. The van der Waals surface area contributed by atoms with Gasteiger partial charge in [0.2, 0.25) is 5.91 Å².